The summed E-state index contributed by atoms with van der Waals surface area (Å²) in [5.41, 5.74) is 1.94. The van der Waals surface area contributed by atoms with Gasteiger partial charge in [0.15, 0.2) is 0 Å². The fraction of sp³-hybridized carbons (Fsp3) is 0.0500. The molecule has 2 N–H and O–H groups in total. The average Bonchev–Trinajstić information content (AvgIpc) is 2.95. The molecule has 0 radical (unpaired) electrons. The van der Waals surface area contributed by atoms with Crippen molar-refractivity contribution in [3.63, 3.8) is 0 Å². The highest BCUT2D eigenvalue weighted by Gasteiger charge is 2.16. The van der Waals surface area contributed by atoms with Crippen LogP contribution in [0.2, 0.25) is 0 Å². The predicted octanol–water partition coefficient (Wildman–Crippen LogP) is 2.51. The van der Waals surface area contributed by atoms with Crippen molar-refractivity contribution >= 4 is 45.8 Å². The first-order valence-electron chi connectivity index (χ1n) is 8.14. The first-order valence-corrected chi connectivity index (χ1v) is 10.4. The van der Waals surface area contributed by atoms with Crippen LogP contribution in [0.15, 0.2) is 64.3 Å². The van der Waals surface area contributed by atoms with E-state index in [4.69, 9.17) is 0 Å². The number of sulfonamides is 1. The molecule has 0 fully saturated rings. The number of H-pyrrole nitrogens is 1. The van der Waals surface area contributed by atoms with E-state index in [1.165, 1.54) is 0 Å². The number of hydrogen-bond donors (Lipinski definition) is 2. The van der Waals surface area contributed by atoms with E-state index >= 15 is 0 Å². The minimum atomic E-state index is -3.71. The maximum atomic E-state index is 12.7. The molecule has 5 nitrogen and oxygen atoms in total. The van der Waals surface area contributed by atoms with Gasteiger partial charge in [0.05, 0.1) is 20.5 Å². The molecule has 27 heavy (non-hydrogen) atoms. The van der Waals surface area contributed by atoms with Gasteiger partial charge in [-0.15, -0.1) is 0 Å². The van der Waals surface area contributed by atoms with Crippen LogP contribution >= 0.6 is 11.3 Å². The van der Waals surface area contributed by atoms with E-state index in [0.29, 0.717) is 21.1 Å². The van der Waals surface area contributed by atoms with Crippen molar-refractivity contribution in [2.45, 2.75) is 11.8 Å². The highest BCUT2D eigenvalue weighted by Crippen LogP contribution is 2.25. The van der Waals surface area contributed by atoms with Crippen molar-refractivity contribution in [3.05, 3.63) is 85.3 Å². The van der Waals surface area contributed by atoms with Crippen LogP contribution in [-0.4, -0.2) is 13.4 Å². The Balaban J connectivity index is 2.13. The van der Waals surface area contributed by atoms with Crippen molar-refractivity contribution in [2.75, 3.05) is 4.72 Å². The van der Waals surface area contributed by atoms with E-state index in [9.17, 15) is 13.2 Å². The molecule has 3 aromatic rings. The molecule has 1 heterocycles. The molecule has 0 amide bonds. The number of hydrogen-bond acceptors (Lipinski definition) is 4. The summed E-state index contributed by atoms with van der Waals surface area (Å²) in [5, 5.41) is 0.534. The number of anilines is 1. The molecule has 0 aliphatic heterocycles. The summed E-state index contributed by atoms with van der Waals surface area (Å²) < 4.78 is 28.7. The quantitative estimate of drug-likeness (QED) is 0.693. The Morgan fingerprint density at radius 2 is 1.85 bits per heavy atom. The molecular weight excluding hydrogens is 380 g/mol. The standard InChI is InChI=1S/C20H18N2O3S2/c1-3-8-17-15(13-19-14(2)21-20(23)26-19)9-7-12-18(17)22-27(24,25)16-10-5-4-6-11-16/h3-13,22H,2H2,1H3,(H,21,23)/b8-3-,19-13-. The van der Waals surface area contributed by atoms with Crippen molar-refractivity contribution in [1.29, 1.82) is 0 Å². The maximum absolute atomic E-state index is 12.7. The zero-order valence-corrected chi connectivity index (χ0v) is 16.2. The molecule has 0 saturated carbocycles. The topological polar surface area (TPSA) is 79.0 Å². The van der Waals surface area contributed by atoms with Crippen LogP contribution in [0.3, 0.4) is 0 Å². The lowest BCUT2D eigenvalue weighted by atomic mass is 10.0. The Bertz CT molecular complexity index is 1250. The molecule has 7 heteroatoms. The summed E-state index contributed by atoms with van der Waals surface area (Å²) >= 11 is 1.06. The third-order valence-electron chi connectivity index (χ3n) is 3.81. The van der Waals surface area contributed by atoms with Gasteiger partial charge in [0.2, 0.25) is 0 Å². The summed E-state index contributed by atoms with van der Waals surface area (Å²) in [7, 11) is -3.71. The molecular formula is C20H18N2O3S2. The second-order valence-corrected chi connectivity index (χ2v) is 8.43. The van der Waals surface area contributed by atoms with Crippen molar-refractivity contribution in [1.82, 2.24) is 4.98 Å². The summed E-state index contributed by atoms with van der Waals surface area (Å²) in [5.74, 6) is 0. The Kier molecular flexibility index (Phi) is 5.43. The van der Waals surface area contributed by atoms with Gasteiger partial charge in [0.25, 0.3) is 10.0 Å². The summed E-state index contributed by atoms with van der Waals surface area (Å²) in [6.45, 7) is 5.68. The zero-order valence-electron chi connectivity index (χ0n) is 14.6. The Labute approximate surface area is 161 Å². The predicted molar refractivity (Wildman–Crippen MR) is 112 cm³/mol. The Morgan fingerprint density at radius 1 is 1.11 bits per heavy atom. The normalized spacial score (nSPS) is 12.6. The van der Waals surface area contributed by atoms with Crippen molar-refractivity contribution < 1.29 is 8.42 Å². The molecule has 0 aliphatic rings. The van der Waals surface area contributed by atoms with Crippen LogP contribution in [0, 0.1) is 0 Å². The van der Waals surface area contributed by atoms with Crippen LogP contribution in [0.1, 0.15) is 18.1 Å². The number of aromatic nitrogens is 1. The van der Waals surface area contributed by atoms with Gasteiger partial charge in [-0.05, 0) is 36.8 Å². The van der Waals surface area contributed by atoms with E-state index in [1.807, 2.05) is 31.2 Å². The summed E-state index contributed by atoms with van der Waals surface area (Å²) in [6.07, 6.45) is 5.48. The van der Waals surface area contributed by atoms with E-state index in [-0.39, 0.29) is 9.77 Å². The van der Waals surface area contributed by atoms with Gasteiger partial charge in [-0.1, -0.05) is 60.4 Å². The fourth-order valence-corrected chi connectivity index (χ4v) is 4.42. The van der Waals surface area contributed by atoms with E-state index in [0.717, 1.165) is 16.9 Å². The van der Waals surface area contributed by atoms with E-state index < -0.39 is 10.0 Å². The Morgan fingerprint density at radius 3 is 2.48 bits per heavy atom. The lowest BCUT2D eigenvalue weighted by Crippen LogP contribution is -2.19. The van der Waals surface area contributed by atoms with Gasteiger partial charge in [-0.3, -0.25) is 9.52 Å². The van der Waals surface area contributed by atoms with E-state index in [1.54, 1.807) is 42.5 Å². The first kappa shape index (κ1) is 18.9. The van der Waals surface area contributed by atoms with Gasteiger partial charge in [0.1, 0.15) is 0 Å². The number of nitrogens with one attached hydrogen (secondary N) is 2. The van der Waals surface area contributed by atoms with Crippen LogP contribution in [0.5, 0.6) is 0 Å². The third kappa shape index (κ3) is 4.27. The fourth-order valence-electron chi connectivity index (χ4n) is 2.58. The van der Waals surface area contributed by atoms with Gasteiger partial charge >= 0.3 is 4.87 Å². The monoisotopic (exact) mass is 398 g/mol. The lowest BCUT2D eigenvalue weighted by molar-refractivity contribution is 0.601. The van der Waals surface area contributed by atoms with Crippen LogP contribution in [-0.2, 0) is 10.0 Å². The van der Waals surface area contributed by atoms with Gasteiger partial charge in [0, 0.05) is 5.56 Å². The molecule has 0 saturated heterocycles. The van der Waals surface area contributed by atoms with Crippen molar-refractivity contribution in [3.8, 4) is 0 Å². The number of allylic oxidation sites excluding steroid dienone is 1. The van der Waals surface area contributed by atoms with Gasteiger partial charge in [-0.2, -0.15) is 0 Å². The van der Waals surface area contributed by atoms with Crippen LogP contribution in [0.25, 0.3) is 18.7 Å². The highest BCUT2D eigenvalue weighted by atomic mass is 32.2. The summed E-state index contributed by atoms with van der Waals surface area (Å²) in [6, 6.07) is 13.5. The maximum Gasteiger partial charge on any atom is 0.305 e. The van der Waals surface area contributed by atoms with E-state index in [2.05, 4.69) is 16.3 Å². The second-order valence-electron chi connectivity index (χ2n) is 5.73. The SMILES string of the molecule is C=c1[nH]c(=O)s/c1=C\c1cccc(NS(=O)(=O)c2ccccc2)c1/C=C\C. The van der Waals surface area contributed by atoms with Gasteiger partial charge < -0.3 is 4.98 Å². The first-order chi connectivity index (χ1) is 12.9. The summed E-state index contributed by atoms with van der Waals surface area (Å²) in [4.78, 5) is 14.2. The molecule has 0 spiro atoms. The lowest BCUT2D eigenvalue weighted by Gasteiger charge is -2.13. The number of benzene rings is 2. The molecule has 0 atom stereocenters. The second kappa shape index (κ2) is 7.77. The highest BCUT2D eigenvalue weighted by molar-refractivity contribution is 7.92. The van der Waals surface area contributed by atoms with Crippen molar-refractivity contribution in [2.24, 2.45) is 0 Å². The number of thiazole rings is 1. The zero-order chi connectivity index (χ0) is 19.4. The minimum absolute atomic E-state index is 0.181. The molecule has 3 rings (SSSR count). The van der Waals surface area contributed by atoms with Gasteiger partial charge in [-0.25, -0.2) is 8.42 Å². The molecule has 1 aromatic heterocycles. The number of rotatable bonds is 5. The molecule has 0 aliphatic carbocycles. The third-order valence-corrected chi connectivity index (χ3v) is 6.06. The molecule has 0 unspecified atom stereocenters. The Hall–Kier alpha value is -2.90. The molecule has 2 aromatic carbocycles. The minimum Gasteiger partial charge on any atom is -0.313 e. The average molecular weight is 399 g/mol. The molecule has 0 bridgehead atoms. The van der Waals surface area contributed by atoms with Crippen LogP contribution in [0.4, 0.5) is 5.69 Å². The van der Waals surface area contributed by atoms with Crippen LogP contribution < -0.4 is 19.5 Å². The largest absolute Gasteiger partial charge is 0.313 e. The number of aromatic amines is 1. The molecule has 138 valence electrons. The smallest absolute Gasteiger partial charge is 0.305 e.